The van der Waals surface area contributed by atoms with Gasteiger partial charge < -0.3 is 19.7 Å². The molecule has 0 aliphatic heterocycles. The fraction of sp³-hybridized carbons (Fsp3) is 0.312. The summed E-state index contributed by atoms with van der Waals surface area (Å²) < 4.78 is 21.7. The number of aryl methyl sites for hydroxylation is 1. The maximum Gasteiger partial charge on any atom is 0.344 e. The highest BCUT2D eigenvalue weighted by molar-refractivity contribution is 5.99. The molecule has 0 fully saturated rings. The van der Waals surface area contributed by atoms with Crippen LogP contribution >= 0.6 is 0 Å². The first-order valence-corrected chi connectivity index (χ1v) is 13.1. The Morgan fingerprint density at radius 1 is 0.974 bits per heavy atom. The van der Waals surface area contributed by atoms with E-state index >= 15 is 0 Å². The van der Waals surface area contributed by atoms with Gasteiger partial charge in [-0.2, -0.15) is 0 Å². The quantitative estimate of drug-likeness (QED) is 0.246. The van der Waals surface area contributed by atoms with Gasteiger partial charge in [-0.05, 0) is 86.2 Å². The summed E-state index contributed by atoms with van der Waals surface area (Å²) in [5.41, 5.74) is 6.67. The second-order valence-corrected chi connectivity index (χ2v) is 10.4. The SMILES string of the molecule is Cc1c(C)n(Cc2ccc(F)c(OC(C)C(=O)O)c2)c2ccc(C(=O)N[C@@H](C)c3cccc(C(C)C)c3)cc12. The van der Waals surface area contributed by atoms with Crippen LogP contribution in [0.1, 0.15) is 78.0 Å². The van der Waals surface area contributed by atoms with Crippen LogP contribution in [0.25, 0.3) is 10.9 Å². The number of amides is 1. The Kier molecular flexibility index (Phi) is 8.09. The van der Waals surface area contributed by atoms with Crippen LogP contribution < -0.4 is 10.1 Å². The number of nitrogens with zero attached hydrogens (tertiary/aromatic N) is 1. The molecule has 2 atom stereocenters. The lowest BCUT2D eigenvalue weighted by molar-refractivity contribution is -0.144. The number of hydrogen-bond acceptors (Lipinski definition) is 3. The van der Waals surface area contributed by atoms with Gasteiger partial charge in [-0.1, -0.05) is 44.2 Å². The van der Waals surface area contributed by atoms with Gasteiger partial charge in [0.15, 0.2) is 17.7 Å². The molecule has 6 nitrogen and oxygen atoms in total. The predicted molar refractivity (Wildman–Crippen MR) is 151 cm³/mol. The van der Waals surface area contributed by atoms with E-state index in [1.165, 1.54) is 24.6 Å². The van der Waals surface area contributed by atoms with Crippen LogP contribution in [-0.4, -0.2) is 27.7 Å². The zero-order valence-electron chi connectivity index (χ0n) is 23.2. The smallest absolute Gasteiger partial charge is 0.344 e. The molecule has 0 aliphatic rings. The van der Waals surface area contributed by atoms with Crippen LogP contribution in [0, 0.1) is 19.7 Å². The number of carboxylic acid groups (broad SMARTS) is 1. The summed E-state index contributed by atoms with van der Waals surface area (Å²) >= 11 is 0. The molecule has 2 N–H and O–H groups in total. The summed E-state index contributed by atoms with van der Waals surface area (Å²) in [6.07, 6.45) is -1.17. The van der Waals surface area contributed by atoms with Crippen LogP contribution in [0.5, 0.6) is 5.75 Å². The molecule has 0 radical (unpaired) electrons. The molecular formula is C32H35FN2O4. The standard InChI is InChI=1S/C32H35FN2O4/c1-18(2)24-8-7-9-25(15-24)20(4)34-31(36)26-11-13-29-27(16-26)19(3)21(5)35(29)17-23-10-12-28(33)30(14-23)39-22(6)32(37)38/h7-16,18,20,22H,17H2,1-6H3,(H,34,36)(H,37,38)/t20-,22?/m0/s1. The van der Waals surface area contributed by atoms with E-state index in [0.717, 1.165) is 33.3 Å². The van der Waals surface area contributed by atoms with Gasteiger partial charge in [0.2, 0.25) is 0 Å². The number of carbonyl (C=O) groups excluding carboxylic acids is 1. The average Bonchev–Trinajstić information content (AvgIpc) is 3.14. The molecule has 4 aromatic rings. The average molecular weight is 531 g/mol. The van der Waals surface area contributed by atoms with Crippen molar-refractivity contribution in [1.82, 2.24) is 9.88 Å². The maximum atomic E-state index is 14.3. The molecule has 4 rings (SSSR count). The first-order chi connectivity index (χ1) is 18.5. The Hall–Kier alpha value is -4.13. The lowest BCUT2D eigenvalue weighted by Gasteiger charge is -2.17. The zero-order chi connectivity index (χ0) is 28.4. The summed E-state index contributed by atoms with van der Waals surface area (Å²) in [6.45, 7) is 12.1. The number of carboxylic acids is 1. The summed E-state index contributed by atoms with van der Waals surface area (Å²) in [5.74, 6) is -1.61. The third kappa shape index (κ3) is 5.98. The molecule has 3 aromatic carbocycles. The summed E-state index contributed by atoms with van der Waals surface area (Å²) in [5, 5.41) is 13.2. The summed E-state index contributed by atoms with van der Waals surface area (Å²) in [6, 6.07) is 18.3. The molecule has 1 heterocycles. The van der Waals surface area contributed by atoms with Gasteiger partial charge in [-0.25, -0.2) is 9.18 Å². The number of aliphatic carboxylic acids is 1. The lowest BCUT2D eigenvalue weighted by atomic mass is 9.98. The zero-order valence-corrected chi connectivity index (χ0v) is 23.2. The maximum absolute atomic E-state index is 14.3. The third-order valence-electron chi connectivity index (χ3n) is 7.31. The number of carbonyl (C=O) groups is 2. The van der Waals surface area contributed by atoms with E-state index in [9.17, 15) is 14.0 Å². The topological polar surface area (TPSA) is 80.6 Å². The molecule has 1 unspecified atom stereocenters. The van der Waals surface area contributed by atoms with Crippen molar-refractivity contribution in [2.45, 2.75) is 66.2 Å². The fourth-order valence-corrected chi connectivity index (χ4v) is 4.71. The van der Waals surface area contributed by atoms with E-state index in [1.807, 2.05) is 51.1 Å². The minimum absolute atomic E-state index is 0.0970. The van der Waals surface area contributed by atoms with Crippen molar-refractivity contribution in [2.75, 3.05) is 0 Å². The molecule has 1 amide bonds. The van der Waals surface area contributed by atoms with Crippen molar-refractivity contribution in [1.29, 1.82) is 0 Å². The van der Waals surface area contributed by atoms with E-state index in [1.54, 1.807) is 6.07 Å². The highest BCUT2D eigenvalue weighted by atomic mass is 19.1. The Morgan fingerprint density at radius 2 is 1.69 bits per heavy atom. The summed E-state index contributed by atoms with van der Waals surface area (Å²) in [4.78, 5) is 24.3. The van der Waals surface area contributed by atoms with Crippen molar-refractivity contribution >= 4 is 22.8 Å². The Labute approximate surface area is 228 Å². The van der Waals surface area contributed by atoms with E-state index in [-0.39, 0.29) is 17.7 Å². The number of hydrogen-bond donors (Lipinski definition) is 2. The van der Waals surface area contributed by atoms with Crippen LogP contribution in [-0.2, 0) is 11.3 Å². The van der Waals surface area contributed by atoms with Gasteiger partial charge in [0.1, 0.15) is 0 Å². The minimum Gasteiger partial charge on any atom is -0.479 e. The molecular weight excluding hydrogens is 495 g/mol. The van der Waals surface area contributed by atoms with Crippen LogP contribution in [0.4, 0.5) is 4.39 Å². The van der Waals surface area contributed by atoms with Gasteiger partial charge in [-0.3, -0.25) is 4.79 Å². The first-order valence-electron chi connectivity index (χ1n) is 13.1. The fourth-order valence-electron chi connectivity index (χ4n) is 4.71. The molecule has 204 valence electrons. The largest absolute Gasteiger partial charge is 0.479 e. The van der Waals surface area contributed by atoms with Gasteiger partial charge in [0.25, 0.3) is 5.91 Å². The van der Waals surface area contributed by atoms with Crippen molar-refractivity contribution in [3.05, 3.63) is 100.0 Å². The van der Waals surface area contributed by atoms with E-state index < -0.39 is 17.9 Å². The molecule has 0 aliphatic carbocycles. The number of nitrogens with one attached hydrogen (secondary N) is 1. The second kappa shape index (κ2) is 11.3. The molecule has 1 aromatic heterocycles. The second-order valence-electron chi connectivity index (χ2n) is 10.4. The van der Waals surface area contributed by atoms with E-state index in [0.29, 0.717) is 18.0 Å². The Bertz CT molecular complexity index is 1540. The van der Waals surface area contributed by atoms with Crippen molar-refractivity contribution in [3.8, 4) is 5.75 Å². The number of benzene rings is 3. The van der Waals surface area contributed by atoms with Crippen LogP contribution in [0.2, 0.25) is 0 Å². The summed E-state index contributed by atoms with van der Waals surface area (Å²) in [7, 11) is 0. The minimum atomic E-state index is -1.17. The molecule has 0 saturated carbocycles. The van der Waals surface area contributed by atoms with Gasteiger partial charge >= 0.3 is 5.97 Å². The monoisotopic (exact) mass is 530 g/mol. The highest BCUT2D eigenvalue weighted by Gasteiger charge is 2.19. The number of rotatable bonds is 9. The molecule has 7 heteroatoms. The number of fused-ring (bicyclic) bond motifs is 1. The van der Waals surface area contributed by atoms with Crippen molar-refractivity contribution < 1.29 is 23.8 Å². The third-order valence-corrected chi connectivity index (χ3v) is 7.31. The highest BCUT2D eigenvalue weighted by Crippen LogP contribution is 2.29. The first kappa shape index (κ1) is 27.9. The molecule has 0 saturated heterocycles. The van der Waals surface area contributed by atoms with Gasteiger partial charge in [0, 0.05) is 28.7 Å². The molecule has 0 bridgehead atoms. The van der Waals surface area contributed by atoms with Crippen molar-refractivity contribution in [3.63, 3.8) is 0 Å². The number of aromatic nitrogens is 1. The lowest BCUT2D eigenvalue weighted by Crippen LogP contribution is -2.26. The molecule has 39 heavy (non-hydrogen) atoms. The molecule has 0 spiro atoms. The van der Waals surface area contributed by atoms with E-state index in [4.69, 9.17) is 9.84 Å². The van der Waals surface area contributed by atoms with Crippen LogP contribution in [0.15, 0.2) is 60.7 Å². The predicted octanol–water partition coefficient (Wildman–Crippen LogP) is 6.91. The Balaban J connectivity index is 1.58. The van der Waals surface area contributed by atoms with Gasteiger partial charge in [0.05, 0.1) is 6.04 Å². The van der Waals surface area contributed by atoms with Crippen LogP contribution in [0.3, 0.4) is 0 Å². The number of halogens is 1. The van der Waals surface area contributed by atoms with E-state index in [2.05, 4.69) is 35.9 Å². The number of ether oxygens (including phenoxy) is 1. The van der Waals surface area contributed by atoms with Gasteiger partial charge in [-0.15, -0.1) is 0 Å². The normalized spacial score (nSPS) is 12.9. The Morgan fingerprint density at radius 3 is 2.38 bits per heavy atom. The van der Waals surface area contributed by atoms with Crippen molar-refractivity contribution in [2.24, 2.45) is 0 Å².